The number of carbonyl (C=O) groups is 1. The quantitative estimate of drug-likeness (QED) is 0.320. The molecule has 2 rings (SSSR count). The SMILES string of the molecule is CCCOc1ccc(C(=O)C=Cc2cc(CCC)c(OCC)c(OCC)c2)cc1. The fourth-order valence-corrected chi connectivity index (χ4v) is 3.01. The van der Waals surface area contributed by atoms with Gasteiger partial charge in [0, 0.05) is 5.56 Å². The number of ketones is 1. The molecule has 4 heteroatoms. The second-order valence-corrected chi connectivity index (χ2v) is 6.69. The van der Waals surface area contributed by atoms with Gasteiger partial charge in [0.05, 0.1) is 19.8 Å². The third-order valence-electron chi connectivity index (χ3n) is 4.30. The molecule has 0 aromatic heterocycles. The minimum absolute atomic E-state index is 0.0454. The summed E-state index contributed by atoms with van der Waals surface area (Å²) in [6.45, 7) is 9.94. The zero-order chi connectivity index (χ0) is 21.1. The predicted octanol–water partition coefficient (Wildman–Crippen LogP) is 6.12. The van der Waals surface area contributed by atoms with Crippen LogP contribution in [0.3, 0.4) is 0 Å². The van der Waals surface area contributed by atoms with Gasteiger partial charge in [-0.2, -0.15) is 0 Å². The lowest BCUT2D eigenvalue weighted by Gasteiger charge is -2.16. The minimum Gasteiger partial charge on any atom is -0.494 e. The zero-order valence-corrected chi connectivity index (χ0v) is 18.0. The van der Waals surface area contributed by atoms with Crippen LogP contribution in [0.15, 0.2) is 42.5 Å². The molecule has 0 atom stereocenters. The van der Waals surface area contributed by atoms with Crippen molar-refractivity contribution in [3.05, 3.63) is 59.2 Å². The van der Waals surface area contributed by atoms with Crippen molar-refractivity contribution >= 4 is 11.9 Å². The molecule has 2 aromatic rings. The van der Waals surface area contributed by atoms with Gasteiger partial charge in [-0.25, -0.2) is 0 Å². The molecule has 2 aromatic carbocycles. The maximum Gasteiger partial charge on any atom is 0.185 e. The fourth-order valence-electron chi connectivity index (χ4n) is 3.01. The second-order valence-electron chi connectivity index (χ2n) is 6.69. The average Bonchev–Trinajstić information content (AvgIpc) is 2.73. The first kappa shape index (κ1) is 22.5. The Morgan fingerprint density at radius 3 is 2.24 bits per heavy atom. The van der Waals surface area contributed by atoms with Crippen LogP contribution in [0.25, 0.3) is 6.08 Å². The molecule has 4 nitrogen and oxygen atoms in total. The lowest BCUT2D eigenvalue weighted by molar-refractivity contribution is 0.104. The molecular weight excluding hydrogens is 364 g/mol. The summed E-state index contributed by atoms with van der Waals surface area (Å²) in [5.41, 5.74) is 2.66. The van der Waals surface area contributed by atoms with Crippen molar-refractivity contribution in [1.82, 2.24) is 0 Å². The maximum absolute atomic E-state index is 12.6. The number of rotatable bonds is 12. The number of allylic oxidation sites excluding steroid dienone is 1. The summed E-state index contributed by atoms with van der Waals surface area (Å²) in [6.07, 6.45) is 6.29. The molecule has 0 N–H and O–H groups in total. The van der Waals surface area contributed by atoms with E-state index in [2.05, 4.69) is 19.9 Å². The van der Waals surface area contributed by atoms with Crippen molar-refractivity contribution in [3.8, 4) is 17.2 Å². The fraction of sp³-hybridized carbons (Fsp3) is 0.400. The first-order valence-electron chi connectivity index (χ1n) is 10.5. The van der Waals surface area contributed by atoms with Crippen molar-refractivity contribution in [2.75, 3.05) is 19.8 Å². The summed E-state index contributed by atoms with van der Waals surface area (Å²) in [6, 6.07) is 11.3. The monoisotopic (exact) mass is 396 g/mol. The van der Waals surface area contributed by atoms with E-state index in [0.29, 0.717) is 25.4 Å². The van der Waals surface area contributed by atoms with Gasteiger partial charge in [-0.05, 0) is 80.3 Å². The molecule has 0 radical (unpaired) electrons. The van der Waals surface area contributed by atoms with Crippen LogP contribution in [0, 0.1) is 0 Å². The summed E-state index contributed by atoms with van der Waals surface area (Å²) in [5, 5.41) is 0. The molecule has 0 aliphatic carbocycles. The molecule has 0 spiro atoms. The van der Waals surface area contributed by atoms with Crippen LogP contribution in [0.2, 0.25) is 0 Å². The van der Waals surface area contributed by atoms with Gasteiger partial charge in [-0.1, -0.05) is 26.3 Å². The number of hydrogen-bond acceptors (Lipinski definition) is 4. The Morgan fingerprint density at radius 1 is 0.897 bits per heavy atom. The van der Waals surface area contributed by atoms with Gasteiger partial charge in [-0.3, -0.25) is 4.79 Å². The maximum atomic E-state index is 12.6. The first-order chi connectivity index (χ1) is 14.1. The molecule has 0 saturated heterocycles. The number of benzene rings is 2. The molecule has 0 unspecified atom stereocenters. The van der Waals surface area contributed by atoms with Crippen LogP contribution in [0.4, 0.5) is 0 Å². The number of aryl methyl sites for hydroxylation is 1. The molecular formula is C25H32O4. The highest BCUT2D eigenvalue weighted by Crippen LogP contribution is 2.34. The Labute approximate surface area is 174 Å². The first-order valence-corrected chi connectivity index (χ1v) is 10.5. The van der Waals surface area contributed by atoms with E-state index in [1.54, 1.807) is 18.2 Å². The van der Waals surface area contributed by atoms with E-state index in [0.717, 1.165) is 47.6 Å². The van der Waals surface area contributed by atoms with E-state index in [1.165, 1.54) is 0 Å². The Morgan fingerprint density at radius 2 is 1.62 bits per heavy atom. The molecule has 156 valence electrons. The van der Waals surface area contributed by atoms with Crippen molar-refractivity contribution in [2.24, 2.45) is 0 Å². The van der Waals surface area contributed by atoms with E-state index in [1.807, 2.05) is 38.1 Å². The summed E-state index contributed by atoms with van der Waals surface area (Å²) in [5.74, 6) is 2.27. The van der Waals surface area contributed by atoms with Crippen LogP contribution in [-0.4, -0.2) is 25.6 Å². The normalized spacial score (nSPS) is 10.9. The van der Waals surface area contributed by atoms with Crippen molar-refractivity contribution in [2.45, 2.75) is 47.0 Å². The van der Waals surface area contributed by atoms with Crippen LogP contribution >= 0.6 is 0 Å². The van der Waals surface area contributed by atoms with Crippen LogP contribution in [0.1, 0.15) is 62.0 Å². The number of hydrogen-bond donors (Lipinski definition) is 0. The molecule has 29 heavy (non-hydrogen) atoms. The lowest BCUT2D eigenvalue weighted by Crippen LogP contribution is -2.03. The summed E-state index contributed by atoms with van der Waals surface area (Å²) in [7, 11) is 0. The molecule has 0 aliphatic heterocycles. The van der Waals surface area contributed by atoms with E-state index >= 15 is 0 Å². The van der Waals surface area contributed by atoms with Gasteiger partial charge < -0.3 is 14.2 Å². The van der Waals surface area contributed by atoms with Crippen LogP contribution in [0.5, 0.6) is 17.2 Å². The Hall–Kier alpha value is -2.75. The highest BCUT2D eigenvalue weighted by Gasteiger charge is 2.12. The molecule has 0 amide bonds. The molecule has 0 aliphatic rings. The third-order valence-corrected chi connectivity index (χ3v) is 4.30. The molecule has 0 heterocycles. The van der Waals surface area contributed by atoms with Gasteiger partial charge in [-0.15, -0.1) is 0 Å². The summed E-state index contributed by atoms with van der Waals surface area (Å²) >= 11 is 0. The molecule has 0 saturated carbocycles. The number of carbonyl (C=O) groups excluding carboxylic acids is 1. The van der Waals surface area contributed by atoms with Gasteiger partial charge in [0.1, 0.15) is 5.75 Å². The Bertz CT molecular complexity index is 779. The largest absolute Gasteiger partial charge is 0.494 e. The van der Waals surface area contributed by atoms with Crippen molar-refractivity contribution in [1.29, 1.82) is 0 Å². The lowest BCUT2D eigenvalue weighted by atomic mass is 10.0. The van der Waals surface area contributed by atoms with Gasteiger partial charge in [0.25, 0.3) is 0 Å². The summed E-state index contributed by atoms with van der Waals surface area (Å²) in [4.78, 5) is 12.6. The van der Waals surface area contributed by atoms with Crippen molar-refractivity contribution < 1.29 is 19.0 Å². The van der Waals surface area contributed by atoms with E-state index in [9.17, 15) is 4.79 Å². The van der Waals surface area contributed by atoms with E-state index in [-0.39, 0.29) is 5.78 Å². The van der Waals surface area contributed by atoms with Gasteiger partial charge >= 0.3 is 0 Å². The van der Waals surface area contributed by atoms with Gasteiger partial charge in [0.15, 0.2) is 17.3 Å². The third kappa shape index (κ3) is 6.67. The smallest absolute Gasteiger partial charge is 0.185 e. The van der Waals surface area contributed by atoms with E-state index in [4.69, 9.17) is 14.2 Å². The van der Waals surface area contributed by atoms with Crippen LogP contribution < -0.4 is 14.2 Å². The standard InChI is InChI=1S/C25H32O4/c1-5-9-21-17-19(18-24(27-7-3)25(21)28-8-4)10-15-23(26)20-11-13-22(14-12-20)29-16-6-2/h10-15,17-18H,5-9,16H2,1-4H3. The molecule has 0 bridgehead atoms. The number of ether oxygens (including phenoxy) is 3. The van der Waals surface area contributed by atoms with E-state index < -0.39 is 0 Å². The molecule has 0 fully saturated rings. The predicted molar refractivity (Wildman–Crippen MR) is 118 cm³/mol. The minimum atomic E-state index is -0.0454. The second kappa shape index (κ2) is 11.9. The summed E-state index contributed by atoms with van der Waals surface area (Å²) < 4.78 is 17.2. The zero-order valence-electron chi connectivity index (χ0n) is 18.0. The highest BCUT2D eigenvalue weighted by molar-refractivity contribution is 6.06. The van der Waals surface area contributed by atoms with Crippen LogP contribution in [-0.2, 0) is 6.42 Å². The Kier molecular flexibility index (Phi) is 9.29. The average molecular weight is 397 g/mol. The Balaban J connectivity index is 2.22. The van der Waals surface area contributed by atoms with Gasteiger partial charge in [0.2, 0.25) is 0 Å². The van der Waals surface area contributed by atoms with Crippen molar-refractivity contribution in [3.63, 3.8) is 0 Å². The topological polar surface area (TPSA) is 44.8 Å². The highest BCUT2D eigenvalue weighted by atomic mass is 16.5.